The van der Waals surface area contributed by atoms with E-state index in [9.17, 15) is 9.90 Å². The molecule has 192 valence electrons. The number of aryl methyl sites for hydroxylation is 1. The summed E-state index contributed by atoms with van der Waals surface area (Å²) in [5.41, 5.74) is 3.57. The second-order valence-corrected chi connectivity index (χ2v) is 11.7. The fourth-order valence-corrected chi connectivity index (χ4v) is 4.91. The lowest BCUT2D eigenvalue weighted by Gasteiger charge is -2.36. The molecule has 3 unspecified atom stereocenters. The minimum absolute atomic E-state index is 0.00502. The summed E-state index contributed by atoms with van der Waals surface area (Å²) in [7, 11) is 1.96. The molecule has 1 fully saturated rings. The van der Waals surface area contributed by atoms with E-state index in [0.717, 1.165) is 33.2 Å². The Bertz CT molecular complexity index is 1150. The van der Waals surface area contributed by atoms with Crippen LogP contribution in [0.15, 0.2) is 66.1 Å². The van der Waals surface area contributed by atoms with E-state index in [-0.39, 0.29) is 25.4 Å². The van der Waals surface area contributed by atoms with Gasteiger partial charge in [0.1, 0.15) is 0 Å². The minimum Gasteiger partial charge on any atom is -0.392 e. The van der Waals surface area contributed by atoms with E-state index in [0.29, 0.717) is 6.42 Å². The van der Waals surface area contributed by atoms with Crippen LogP contribution in [0.4, 0.5) is 0 Å². The van der Waals surface area contributed by atoms with Gasteiger partial charge >= 0.3 is 0 Å². The van der Waals surface area contributed by atoms with Crippen molar-refractivity contribution in [3.05, 3.63) is 83.2 Å². The lowest BCUT2D eigenvalue weighted by Crippen LogP contribution is -2.34. The van der Waals surface area contributed by atoms with Crippen molar-refractivity contribution in [3.63, 3.8) is 0 Å². The van der Waals surface area contributed by atoms with Crippen LogP contribution in [0.5, 0.6) is 0 Å². The summed E-state index contributed by atoms with van der Waals surface area (Å²) in [5.74, 6) is 0.0375. The quantitative estimate of drug-likeness (QED) is 0.285. The SMILES string of the molecule is Cn1ccnc1SCC1CC(c2ccc(CO)cc2)OC(c2ccc(CNC(=O)C(Cl)(Cl)Cl)cc2)O1. The molecule has 1 aliphatic rings. The summed E-state index contributed by atoms with van der Waals surface area (Å²) in [5, 5.41) is 12.9. The van der Waals surface area contributed by atoms with Gasteiger partial charge in [-0.1, -0.05) is 95.1 Å². The number of alkyl halides is 3. The number of aliphatic hydroxyl groups excluding tert-OH is 1. The number of benzene rings is 2. The maximum Gasteiger partial charge on any atom is 0.272 e. The van der Waals surface area contributed by atoms with E-state index >= 15 is 0 Å². The van der Waals surface area contributed by atoms with E-state index in [2.05, 4.69) is 10.3 Å². The van der Waals surface area contributed by atoms with Gasteiger partial charge in [-0.25, -0.2) is 4.98 Å². The topological polar surface area (TPSA) is 85.6 Å². The van der Waals surface area contributed by atoms with Crippen molar-refractivity contribution in [3.8, 4) is 0 Å². The van der Waals surface area contributed by atoms with E-state index in [1.807, 2.05) is 66.3 Å². The Labute approximate surface area is 229 Å². The Kier molecular flexibility index (Phi) is 9.22. The molecule has 1 amide bonds. The molecule has 3 aromatic rings. The summed E-state index contributed by atoms with van der Waals surface area (Å²) in [6.45, 7) is 0.219. The van der Waals surface area contributed by atoms with Crippen molar-refractivity contribution in [1.82, 2.24) is 14.9 Å². The first-order valence-corrected chi connectivity index (χ1v) is 13.4. The van der Waals surface area contributed by atoms with Crippen LogP contribution >= 0.6 is 46.6 Å². The Morgan fingerprint density at radius 3 is 2.39 bits per heavy atom. The number of nitrogens with one attached hydrogen (secondary N) is 1. The average Bonchev–Trinajstić information content (AvgIpc) is 3.30. The molecule has 0 bridgehead atoms. The maximum absolute atomic E-state index is 11.8. The normalized spacial score (nSPS) is 20.3. The molecule has 2 heterocycles. The highest BCUT2D eigenvalue weighted by Gasteiger charge is 2.33. The number of halogens is 3. The number of hydrogen-bond acceptors (Lipinski definition) is 6. The van der Waals surface area contributed by atoms with Gasteiger partial charge in [0.15, 0.2) is 11.4 Å². The molecule has 0 saturated carbocycles. The zero-order chi connectivity index (χ0) is 25.7. The molecule has 2 aromatic carbocycles. The number of thioether (sulfide) groups is 1. The predicted molar refractivity (Wildman–Crippen MR) is 141 cm³/mol. The third kappa shape index (κ3) is 7.16. The molecule has 2 N–H and O–H groups in total. The Hall–Kier alpha value is -1.78. The van der Waals surface area contributed by atoms with E-state index in [1.165, 1.54) is 0 Å². The van der Waals surface area contributed by atoms with Gasteiger partial charge in [-0.2, -0.15) is 0 Å². The molecule has 11 heteroatoms. The molecule has 1 aliphatic heterocycles. The standard InChI is InChI=1S/C25H26Cl3N3O4S/c1-31-11-10-29-24(31)36-15-20-12-21(18-6-4-17(14-32)5-7-18)35-22(34-20)19-8-2-16(3-9-19)13-30-23(33)25(26,27)28/h2-11,20-22,32H,12-15H2,1H3,(H,30,33). The van der Waals surface area contributed by atoms with Crippen LogP contribution in [0.3, 0.4) is 0 Å². The molecule has 1 aromatic heterocycles. The fourth-order valence-electron chi connectivity index (χ4n) is 3.76. The first-order chi connectivity index (χ1) is 17.2. The van der Waals surface area contributed by atoms with Crippen LogP contribution < -0.4 is 5.32 Å². The number of hydrogen-bond donors (Lipinski definition) is 2. The van der Waals surface area contributed by atoms with E-state index in [1.54, 1.807) is 18.0 Å². The van der Waals surface area contributed by atoms with Crippen molar-refractivity contribution >= 4 is 52.5 Å². The van der Waals surface area contributed by atoms with Crippen LogP contribution in [0.1, 0.15) is 41.1 Å². The highest BCUT2D eigenvalue weighted by atomic mass is 35.6. The van der Waals surface area contributed by atoms with Gasteiger partial charge in [0, 0.05) is 43.7 Å². The molecule has 4 rings (SSSR count). The number of aliphatic hydroxyl groups is 1. The molecule has 7 nitrogen and oxygen atoms in total. The van der Waals surface area contributed by atoms with Crippen molar-refractivity contribution in [1.29, 1.82) is 0 Å². The molecule has 3 atom stereocenters. The highest BCUT2D eigenvalue weighted by Crippen LogP contribution is 2.39. The van der Waals surface area contributed by atoms with Gasteiger partial charge in [0.05, 0.1) is 18.8 Å². The number of carbonyl (C=O) groups is 1. The number of aromatic nitrogens is 2. The van der Waals surface area contributed by atoms with Crippen LogP contribution in [0.2, 0.25) is 0 Å². The largest absolute Gasteiger partial charge is 0.392 e. The lowest BCUT2D eigenvalue weighted by atomic mass is 10.0. The van der Waals surface area contributed by atoms with E-state index in [4.69, 9.17) is 44.3 Å². The third-order valence-electron chi connectivity index (χ3n) is 5.75. The summed E-state index contributed by atoms with van der Waals surface area (Å²) >= 11 is 18.5. The Morgan fingerprint density at radius 2 is 1.78 bits per heavy atom. The van der Waals surface area contributed by atoms with Crippen LogP contribution in [0.25, 0.3) is 0 Å². The third-order valence-corrected chi connectivity index (χ3v) is 7.46. The van der Waals surface area contributed by atoms with Crippen molar-refractivity contribution in [2.75, 3.05) is 5.75 Å². The molecular formula is C25H26Cl3N3O4S. The summed E-state index contributed by atoms with van der Waals surface area (Å²) in [6, 6.07) is 15.3. The molecular weight excluding hydrogens is 545 g/mol. The summed E-state index contributed by atoms with van der Waals surface area (Å²) < 4.78 is 12.7. The van der Waals surface area contributed by atoms with Crippen LogP contribution in [0, 0.1) is 0 Å². The van der Waals surface area contributed by atoms with Crippen LogP contribution in [-0.2, 0) is 34.5 Å². The van der Waals surface area contributed by atoms with Gasteiger partial charge in [0.25, 0.3) is 9.70 Å². The Balaban J connectivity index is 1.47. The van der Waals surface area contributed by atoms with Crippen LogP contribution in [-0.4, -0.2) is 36.2 Å². The zero-order valence-corrected chi connectivity index (χ0v) is 22.5. The van der Waals surface area contributed by atoms with Crippen molar-refractivity contribution in [2.45, 2.75) is 47.0 Å². The number of carbonyl (C=O) groups excluding carboxylic acids is 1. The Morgan fingerprint density at radius 1 is 1.11 bits per heavy atom. The second kappa shape index (κ2) is 12.2. The van der Waals surface area contributed by atoms with Gasteiger partial charge < -0.3 is 24.5 Å². The maximum atomic E-state index is 11.8. The predicted octanol–water partition coefficient (Wildman–Crippen LogP) is 5.24. The smallest absolute Gasteiger partial charge is 0.272 e. The molecule has 36 heavy (non-hydrogen) atoms. The second-order valence-electron chi connectivity index (χ2n) is 8.40. The minimum atomic E-state index is -2.00. The van der Waals surface area contributed by atoms with Gasteiger partial charge in [-0.3, -0.25) is 4.79 Å². The van der Waals surface area contributed by atoms with Crippen molar-refractivity contribution < 1.29 is 19.4 Å². The average molecular weight is 571 g/mol. The molecule has 1 saturated heterocycles. The molecule has 0 spiro atoms. The number of amides is 1. The number of rotatable bonds is 8. The highest BCUT2D eigenvalue weighted by molar-refractivity contribution is 7.99. The van der Waals surface area contributed by atoms with E-state index < -0.39 is 16.0 Å². The van der Waals surface area contributed by atoms with Crippen molar-refractivity contribution in [2.24, 2.45) is 7.05 Å². The summed E-state index contributed by atoms with van der Waals surface area (Å²) in [6.07, 6.45) is 3.56. The zero-order valence-electron chi connectivity index (χ0n) is 19.4. The molecule has 0 aliphatic carbocycles. The number of imidazole rings is 1. The molecule has 0 radical (unpaired) electrons. The monoisotopic (exact) mass is 569 g/mol. The number of nitrogens with zero attached hydrogens (tertiary/aromatic N) is 2. The first-order valence-electron chi connectivity index (χ1n) is 11.3. The lowest BCUT2D eigenvalue weighted by molar-refractivity contribution is -0.245. The fraction of sp³-hybridized carbons (Fsp3) is 0.360. The first kappa shape index (κ1) is 27.3. The van der Waals surface area contributed by atoms with Gasteiger partial charge in [-0.05, 0) is 16.7 Å². The summed E-state index contributed by atoms with van der Waals surface area (Å²) in [4.78, 5) is 16.2. The van der Waals surface area contributed by atoms with Gasteiger partial charge in [0.2, 0.25) is 0 Å². The number of ether oxygens (including phenoxy) is 2. The van der Waals surface area contributed by atoms with Gasteiger partial charge in [-0.15, -0.1) is 0 Å².